The van der Waals surface area contributed by atoms with Crippen LogP contribution in [0.5, 0.6) is 0 Å². The molecule has 4 aromatic rings. The Labute approximate surface area is 190 Å². The van der Waals surface area contributed by atoms with Gasteiger partial charge in [-0.1, -0.05) is 78.0 Å². The molecule has 3 aromatic carbocycles. The van der Waals surface area contributed by atoms with E-state index in [2.05, 4.69) is 27.6 Å². The van der Waals surface area contributed by atoms with Gasteiger partial charge in [-0.3, -0.25) is 9.36 Å². The van der Waals surface area contributed by atoms with E-state index in [4.69, 9.17) is 11.6 Å². The number of rotatable bonds is 7. The highest BCUT2D eigenvalue weighted by Gasteiger charge is 2.17. The number of carbonyl (C=O) groups excluding carboxylic acids is 1. The molecule has 0 bridgehead atoms. The summed E-state index contributed by atoms with van der Waals surface area (Å²) in [6.07, 6.45) is 0. The van der Waals surface area contributed by atoms with Crippen LogP contribution < -0.4 is 5.32 Å². The first-order valence-electron chi connectivity index (χ1n) is 9.82. The Morgan fingerprint density at radius 2 is 1.71 bits per heavy atom. The van der Waals surface area contributed by atoms with Crippen LogP contribution in [0.4, 0.5) is 0 Å². The summed E-state index contributed by atoms with van der Waals surface area (Å²) in [5.41, 5.74) is 3.74. The summed E-state index contributed by atoms with van der Waals surface area (Å²) in [5, 5.41) is 13.1. The molecule has 0 aliphatic rings. The second-order valence-electron chi connectivity index (χ2n) is 6.99. The highest BCUT2D eigenvalue weighted by Crippen LogP contribution is 2.28. The lowest BCUT2D eigenvalue weighted by atomic mass is 10.2. The molecule has 31 heavy (non-hydrogen) atoms. The number of nitrogens with one attached hydrogen (secondary N) is 1. The maximum atomic E-state index is 12.5. The Morgan fingerprint density at radius 3 is 2.45 bits per heavy atom. The third-order valence-corrected chi connectivity index (χ3v) is 6.00. The topological polar surface area (TPSA) is 59.8 Å². The number of benzene rings is 3. The van der Waals surface area contributed by atoms with Gasteiger partial charge in [-0.2, -0.15) is 0 Å². The smallest absolute Gasteiger partial charge is 0.251 e. The lowest BCUT2D eigenvalue weighted by Gasteiger charge is -2.14. The maximum Gasteiger partial charge on any atom is 0.251 e. The molecule has 0 fully saturated rings. The van der Waals surface area contributed by atoms with Crippen molar-refractivity contribution < 1.29 is 4.79 Å². The summed E-state index contributed by atoms with van der Waals surface area (Å²) in [6, 6.07) is 25.0. The molecule has 0 unspecified atom stereocenters. The molecule has 4 rings (SSSR count). The number of aromatic nitrogens is 3. The van der Waals surface area contributed by atoms with E-state index >= 15 is 0 Å². The second kappa shape index (κ2) is 9.81. The molecule has 5 nitrogen and oxygen atoms in total. The van der Waals surface area contributed by atoms with Crippen molar-refractivity contribution >= 4 is 29.3 Å². The minimum Gasteiger partial charge on any atom is -0.345 e. The largest absolute Gasteiger partial charge is 0.345 e. The summed E-state index contributed by atoms with van der Waals surface area (Å²) in [4.78, 5) is 12.5. The molecule has 0 atom stereocenters. The van der Waals surface area contributed by atoms with Crippen LogP contribution >= 0.6 is 23.4 Å². The summed E-state index contributed by atoms with van der Waals surface area (Å²) in [7, 11) is 0. The van der Waals surface area contributed by atoms with Gasteiger partial charge in [0.25, 0.3) is 5.91 Å². The molecular weight excluding hydrogens is 428 g/mol. The number of nitrogens with zero attached hydrogens (tertiary/aromatic N) is 3. The molecule has 1 aromatic heterocycles. The van der Waals surface area contributed by atoms with Crippen LogP contribution in [-0.2, 0) is 12.3 Å². The van der Waals surface area contributed by atoms with Gasteiger partial charge in [0.05, 0.1) is 12.2 Å². The first-order valence-corrected chi connectivity index (χ1v) is 11.2. The van der Waals surface area contributed by atoms with Crippen LogP contribution in [0.1, 0.15) is 27.3 Å². The zero-order valence-corrected chi connectivity index (χ0v) is 18.5. The standard InChI is InChI=1S/C24H21ClN4OS/c1-17-12-13-20(25)14-21(17)29-22(15-26-23(30)19-10-6-3-7-11-19)27-28-24(29)31-16-18-8-4-2-5-9-18/h2-14H,15-16H2,1H3,(H,26,30). The van der Waals surface area contributed by atoms with Crippen LogP contribution in [0, 0.1) is 6.92 Å². The fraction of sp³-hybridized carbons (Fsp3) is 0.125. The Bertz CT molecular complexity index is 1180. The van der Waals surface area contributed by atoms with Gasteiger partial charge in [-0.15, -0.1) is 10.2 Å². The monoisotopic (exact) mass is 448 g/mol. The Kier molecular flexibility index (Phi) is 6.70. The van der Waals surface area contributed by atoms with Crippen molar-refractivity contribution in [3.63, 3.8) is 0 Å². The van der Waals surface area contributed by atoms with Gasteiger partial charge >= 0.3 is 0 Å². The van der Waals surface area contributed by atoms with E-state index in [0.717, 1.165) is 22.2 Å². The average Bonchev–Trinajstić information content (AvgIpc) is 3.21. The molecule has 0 spiro atoms. The number of hydrogen-bond acceptors (Lipinski definition) is 4. The van der Waals surface area contributed by atoms with Crippen molar-refractivity contribution in [1.82, 2.24) is 20.1 Å². The lowest BCUT2D eigenvalue weighted by molar-refractivity contribution is 0.0949. The molecule has 156 valence electrons. The molecule has 0 saturated heterocycles. The lowest BCUT2D eigenvalue weighted by Crippen LogP contribution is -2.24. The number of amides is 1. The van der Waals surface area contributed by atoms with Gasteiger partial charge in [-0.25, -0.2) is 0 Å². The van der Waals surface area contributed by atoms with Gasteiger partial charge in [0.2, 0.25) is 0 Å². The number of halogens is 1. The molecule has 1 heterocycles. The summed E-state index contributed by atoms with van der Waals surface area (Å²) < 4.78 is 1.97. The van der Waals surface area contributed by atoms with Gasteiger partial charge in [0, 0.05) is 16.3 Å². The second-order valence-corrected chi connectivity index (χ2v) is 8.37. The normalized spacial score (nSPS) is 10.8. The van der Waals surface area contributed by atoms with E-state index in [1.165, 1.54) is 5.56 Å². The number of carbonyl (C=O) groups is 1. The van der Waals surface area contributed by atoms with Crippen molar-refractivity contribution in [2.45, 2.75) is 24.4 Å². The molecule has 1 N–H and O–H groups in total. The molecule has 0 aliphatic carbocycles. The van der Waals surface area contributed by atoms with E-state index < -0.39 is 0 Å². The zero-order valence-electron chi connectivity index (χ0n) is 17.0. The van der Waals surface area contributed by atoms with Gasteiger partial charge in [-0.05, 0) is 42.3 Å². The number of aryl methyl sites for hydroxylation is 1. The third kappa shape index (κ3) is 5.16. The van der Waals surface area contributed by atoms with Gasteiger partial charge in [0.1, 0.15) is 0 Å². The van der Waals surface area contributed by atoms with Crippen LogP contribution in [0.3, 0.4) is 0 Å². The number of hydrogen-bond donors (Lipinski definition) is 1. The maximum absolute atomic E-state index is 12.5. The fourth-order valence-corrected chi connectivity index (χ4v) is 4.23. The summed E-state index contributed by atoms with van der Waals surface area (Å²) in [5.74, 6) is 1.25. The molecule has 0 aliphatic heterocycles. The molecule has 7 heteroatoms. The molecule has 0 radical (unpaired) electrons. The van der Waals surface area contributed by atoms with Crippen molar-refractivity contribution in [2.75, 3.05) is 0 Å². The highest BCUT2D eigenvalue weighted by atomic mass is 35.5. The van der Waals surface area contributed by atoms with E-state index in [9.17, 15) is 4.79 Å². The van der Waals surface area contributed by atoms with Crippen LogP contribution in [0.15, 0.2) is 84.0 Å². The Morgan fingerprint density at radius 1 is 1.00 bits per heavy atom. The van der Waals surface area contributed by atoms with E-state index in [-0.39, 0.29) is 12.5 Å². The zero-order chi connectivity index (χ0) is 21.6. The quantitative estimate of drug-likeness (QED) is 0.382. The van der Waals surface area contributed by atoms with Gasteiger partial charge in [0.15, 0.2) is 11.0 Å². The van der Waals surface area contributed by atoms with Crippen molar-refractivity contribution in [1.29, 1.82) is 0 Å². The minimum absolute atomic E-state index is 0.156. The van der Waals surface area contributed by atoms with Crippen molar-refractivity contribution in [3.8, 4) is 5.69 Å². The minimum atomic E-state index is -0.156. The molecule has 0 saturated carbocycles. The van der Waals surface area contributed by atoms with E-state index in [0.29, 0.717) is 16.4 Å². The number of thioether (sulfide) groups is 1. The predicted molar refractivity (Wildman–Crippen MR) is 125 cm³/mol. The third-order valence-electron chi connectivity index (χ3n) is 4.77. The SMILES string of the molecule is Cc1ccc(Cl)cc1-n1c(CNC(=O)c2ccccc2)nnc1SCc1ccccc1. The van der Waals surface area contributed by atoms with Crippen LogP contribution in [0.2, 0.25) is 5.02 Å². The van der Waals surface area contributed by atoms with Crippen LogP contribution in [-0.4, -0.2) is 20.7 Å². The van der Waals surface area contributed by atoms with Gasteiger partial charge < -0.3 is 5.32 Å². The van der Waals surface area contributed by atoms with Crippen LogP contribution in [0.25, 0.3) is 5.69 Å². The molecular formula is C24H21ClN4OS. The Balaban J connectivity index is 1.62. The van der Waals surface area contributed by atoms with Crippen molar-refractivity contribution in [2.24, 2.45) is 0 Å². The Hall–Kier alpha value is -3.09. The first kappa shape index (κ1) is 21.2. The fourth-order valence-electron chi connectivity index (χ4n) is 3.15. The predicted octanol–water partition coefficient (Wildman–Crippen LogP) is 5.45. The van der Waals surface area contributed by atoms with E-state index in [1.54, 1.807) is 23.9 Å². The highest BCUT2D eigenvalue weighted by molar-refractivity contribution is 7.98. The summed E-state index contributed by atoms with van der Waals surface area (Å²) in [6.45, 7) is 2.27. The van der Waals surface area contributed by atoms with Crippen molar-refractivity contribution in [3.05, 3.63) is 106 Å². The average molecular weight is 449 g/mol. The molecule has 1 amide bonds. The van der Waals surface area contributed by atoms with E-state index in [1.807, 2.05) is 66.1 Å². The first-order chi connectivity index (χ1) is 15.1. The summed E-state index contributed by atoms with van der Waals surface area (Å²) >= 11 is 7.88.